The Labute approximate surface area is 130 Å². The highest BCUT2D eigenvalue weighted by Crippen LogP contribution is 2.36. The summed E-state index contributed by atoms with van der Waals surface area (Å²) in [6, 6.07) is 2.33. The van der Waals surface area contributed by atoms with Crippen LogP contribution in [0.25, 0.3) is 10.6 Å². The van der Waals surface area contributed by atoms with E-state index < -0.39 is 0 Å². The van der Waals surface area contributed by atoms with Gasteiger partial charge in [0.25, 0.3) is 0 Å². The van der Waals surface area contributed by atoms with Gasteiger partial charge in [-0.1, -0.05) is 20.3 Å². The van der Waals surface area contributed by atoms with Crippen molar-refractivity contribution in [3.05, 3.63) is 28.6 Å². The van der Waals surface area contributed by atoms with E-state index in [0.29, 0.717) is 5.92 Å². The Balaban J connectivity index is 1.76. The van der Waals surface area contributed by atoms with Gasteiger partial charge < -0.3 is 9.73 Å². The number of thiophene rings is 1. The Morgan fingerprint density at radius 3 is 3.00 bits per heavy atom. The molecule has 0 saturated carbocycles. The minimum Gasteiger partial charge on any atom is -0.442 e. The molecule has 4 heteroatoms. The van der Waals surface area contributed by atoms with Crippen molar-refractivity contribution in [3.63, 3.8) is 0 Å². The van der Waals surface area contributed by atoms with E-state index in [4.69, 9.17) is 4.42 Å². The van der Waals surface area contributed by atoms with Gasteiger partial charge in [-0.15, -0.1) is 11.3 Å². The minimum absolute atomic E-state index is 0.651. The third-order valence-electron chi connectivity index (χ3n) is 3.96. The highest BCUT2D eigenvalue weighted by atomic mass is 32.1. The maximum Gasteiger partial charge on any atom is 0.181 e. The SMILES string of the molecule is CC(C)CNCc1ncoc1-c1cc2c(s1)CCCCC2. The average molecular weight is 304 g/mol. The monoisotopic (exact) mass is 304 g/mol. The largest absolute Gasteiger partial charge is 0.442 e. The standard InChI is InChI=1S/C17H24N2OS/c1-12(2)9-18-10-14-17(20-11-19-14)16-8-13-6-4-3-5-7-15(13)21-16/h8,11-12,18H,3-7,9-10H2,1-2H3. The Bertz CT molecular complexity index is 562. The topological polar surface area (TPSA) is 38.1 Å². The number of rotatable bonds is 5. The fraction of sp³-hybridized carbons (Fsp3) is 0.588. The zero-order valence-corrected chi connectivity index (χ0v) is 13.8. The van der Waals surface area contributed by atoms with Gasteiger partial charge in [0.2, 0.25) is 0 Å². The van der Waals surface area contributed by atoms with Gasteiger partial charge in [0.15, 0.2) is 12.2 Å². The van der Waals surface area contributed by atoms with Crippen molar-refractivity contribution < 1.29 is 4.42 Å². The number of fused-ring (bicyclic) bond motifs is 1. The first-order valence-electron chi connectivity index (χ1n) is 7.99. The molecule has 0 atom stereocenters. The molecule has 0 unspecified atom stereocenters. The minimum atomic E-state index is 0.651. The van der Waals surface area contributed by atoms with Gasteiger partial charge in [-0.2, -0.15) is 0 Å². The van der Waals surface area contributed by atoms with Gasteiger partial charge >= 0.3 is 0 Å². The second-order valence-corrected chi connectivity index (χ2v) is 7.41. The number of nitrogens with zero attached hydrogens (tertiary/aromatic N) is 1. The highest BCUT2D eigenvalue weighted by Gasteiger charge is 2.17. The van der Waals surface area contributed by atoms with Crippen LogP contribution in [0.2, 0.25) is 0 Å². The predicted octanol–water partition coefficient (Wildman–Crippen LogP) is 4.42. The van der Waals surface area contributed by atoms with Gasteiger partial charge in [0.1, 0.15) is 5.69 Å². The maximum absolute atomic E-state index is 5.68. The Hall–Kier alpha value is -1.13. The molecule has 0 fully saturated rings. The lowest BCUT2D eigenvalue weighted by Crippen LogP contribution is -2.19. The van der Waals surface area contributed by atoms with E-state index in [0.717, 1.165) is 24.5 Å². The normalized spacial score (nSPS) is 15.2. The summed E-state index contributed by atoms with van der Waals surface area (Å²) in [6.07, 6.45) is 8.04. The van der Waals surface area contributed by atoms with Gasteiger partial charge in [-0.25, -0.2) is 4.98 Å². The predicted molar refractivity (Wildman–Crippen MR) is 87.6 cm³/mol. The number of nitrogens with one attached hydrogen (secondary N) is 1. The molecule has 114 valence electrons. The van der Waals surface area contributed by atoms with Gasteiger partial charge in [-0.05, 0) is 49.8 Å². The Morgan fingerprint density at radius 1 is 1.29 bits per heavy atom. The molecule has 3 nitrogen and oxygen atoms in total. The number of aryl methyl sites for hydroxylation is 2. The molecule has 21 heavy (non-hydrogen) atoms. The van der Waals surface area contributed by atoms with Crippen LogP contribution >= 0.6 is 11.3 Å². The Morgan fingerprint density at radius 2 is 2.14 bits per heavy atom. The van der Waals surface area contributed by atoms with E-state index in [9.17, 15) is 0 Å². The fourth-order valence-corrected chi connectivity index (χ4v) is 4.12. The molecule has 0 aliphatic heterocycles. The first kappa shape index (κ1) is 14.8. The van der Waals surface area contributed by atoms with Crippen LogP contribution in [-0.4, -0.2) is 11.5 Å². The van der Waals surface area contributed by atoms with Crippen LogP contribution in [-0.2, 0) is 19.4 Å². The lowest BCUT2D eigenvalue weighted by atomic mass is 10.1. The number of aromatic nitrogens is 1. The van der Waals surface area contributed by atoms with Crippen LogP contribution in [0.4, 0.5) is 0 Å². The van der Waals surface area contributed by atoms with Crippen molar-refractivity contribution in [2.45, 2.75) is 52.5 Å². The maximum atomic E-state index is 5.68. The molecule has 1 N–H and O–H groups in total. The van der Waals surface area contributed by atoms with E-state index in [1.807, 2.05) is 11.3 Å². The lowest BCUT2D eigenvalue weighted by molar-refractivity contribution is 0.545. The molecule has 2 aromatic heterocycles. The zero-order valence-electron chi connectivity index (χ0n) is 12.9. The third-order valence-corrected chi connectivity index (χ3v) is 5.19. The number of hydrogen-bond acceptors (Lipinski definition) is 4. The van der Waals surface area contributed by atoms with Gasteiger partial charge in [0, 0.05) is 11.4 Å². The van der Waals surface area contributed by atoms with Crippen LogP contribution in [0.1, 0.15) is 49.2 Å². The molecule has 0 amide bonds. The van der Waals surface area contributed by atoms with Crippen molar-refractivity contribution in [1.29, 1.82) is 0 Å². The van der Waals surface area contributed by atoms with Crippen molar-refractivity contribution in [2.75, 3.05) is 6.54 Å². The van der Waals surface area contributed by atoms with Crippen molar-refractivity contribution in [2.24, 2.45) is 5.92 Å². The second kappa shape index (κ2) is 6.75. The number of oxazole rings is 1. The summed E-state index contributed by atoms with van der Waals surface area (Å²) in [4.78, 5) is 7.20. The number of hydrogen-bond donors (Lipinski definition) is 1. The fourth-order valence-electron chi connectivity index (χ4n) is 2.85. The average Bonchev–Trinajstić information content (AvgIpc) is 3.00. The molecule has 0 bridgehead atoms. The zero-order chi connectivity index (χ0) is 14.7. The molecule has 0 aromatic carbocycles. The first-order valence-corrected chi connectivity index (χ1v) is 8.80. The molecule has 2 aromatic rings. The van der Waals surface area contributed by atoms with Crippen LogP contribution in [0, 0.1) is 5.92 Å². The summed E-state index contributed by atoms with van der Waals surface area (Å²) in [7, 11) is 0. The molecular formula is C17H24N2OS. The smallest absolute Gasteiger partial charge is 0.181 e. The molecule has 0 saturated heterocycles. The molecule has 0 spiro atoms. The summed E-state index contributed by atoms with van der Waals surface area (Å²) >= 11 is 1.90. The highest BCUT2D eigenvalue weighted by molar-refractivity contribution is 7.15. The van der Waals surface area contributed by atoms with Crippen LogP contribution in [0.5, 0.6) is 0 Å². The first-order chi connectivity index (χ1) is 10.2. The van der Waals surface area contributed by atoms with E-state index in [2.05, 4.69) is 30.2 Å². The van der Waals surface area contributed by atoms with Gasteiger partial charge in [-0.3, -0.25) is 0 Å². The van der Waals surface area contributed by atoms with Crippen LogP contribution in [0.3, 0.4) is 0 Å². The van der Waals surface area contributed by atoms with Crippen molar-refractivity contribution >= 4 is 11.3 Å². The van der Waals surface area contributed by atoms with E-state index in [-0.39, 0.29) is 0 Å². The van der Waals surface area contributed by atoms with Crippen molar-refractivity contribution in [1.82, 2.24) is 10.3 Å². The second-order valence-electron chi connectivity index (χ2n) is 6.27. The summed E-state index contributed by atoms with van der Waals surface area (Å²) in [5.41, 5.74) is 2.57. The summed E-state index contributed by atoms with van der Waals surface area (Å²) in [6.45, 7) is 6.22. The van der Waals surface area contributed by atoms with Crippen LogP contribution < -0.4 is 5.32 Å². The van der Waals surface area contributed by atoms with E-state index in [1.165, 1.54) is 42.5 Å². The summed E-state index contributed by atoms with van der Waals surface area (Å²) in [5.74, 6) is 1.61. The van der Waals surface area contributed by atoms with Crippen LogP contribution in [0.15, 0.2) is 16.9 Å². The summed E-state index contributed by atoms with van der Waals surface area (Å²) in [5, 5.41) is 3.45. The Kier molecular flexibility index (Phi) is 4.76. The van der Waals surface area contributed by atoms with E-state index >= 15 is 0 Å². The van der Waals surface area contributed by atoms with E-state index in [1.54, 1.807) is 11.3 Å². The molecule has 3 rings (SSSR count). The van der Waals surface area contributed by atoms with Gasteiger partial charge in [0.05, 0.1) is 4.88 Å². The molecule has 1 aliphatic carbocycles. The summed E-state index contributed by atoms with van der Waals surface area (Å²) < 4.78 is 5.68. The molecule has 0 radical (unpaired) electrons. The quantitative estimate of drug-likeness (QED) is 0.831. The molecule has 2 heterocycles. The molecule has 1 aliphatic rings. The molecular weight excluding hydrogens is 280 g/mol. The van der Waals surface area contributed by atoms with Crippen molar-refractivity contribution in [3.8, 4) is 10.6 Å². The lowest BCUT2D eigenvalue weighted by Gasteiger charge is -2.05. The third kappa shape index (κ3) is 3.55.